The Hall–Kier alpha value is -2.91. The quantitative estimate of drug-likeness (QED) is 0.547. The number of piperidine rings is 1. The van der Waals surface area contributed by atoms with Crippen LogP contribution in [0.1, 0.15) is 18.4 Å². The van der Waals surface area contributed by atoms with Crippen LogP contribution >= 0.6 is 0 Å². The molecule has 2 N–H and O–H groups in total. The lowest BCUT2D eigenvalue weighted by molar-refractivity contribution is -0.151. The van der Waals surface area contributed by atoms with E-state index >= 15 is 0 Å². The van der Waals surface area contributed by atoms with Crippen molar-refractivity contribution in [3.05, 3.63) is 42.0 Å². The van der Waals surface area contributed by atoms with Crippen molar-refractivity contribution in [1.29, 1.82) is 0 Å². The summed E-state index contributed by atoms with van der Waals surface area (Å²) in [5.41, 5.74) is 3.82. The molecule has 0 aliphatic carbocycles. The number of nitrogens with zero attached hydrogens (tertiary/aromatic N) is 3. The fraction of sp³-hybridized carbons (Fsp3) is 0.500. The lowest BCUT2D eigenvalue weighted by Gasteiger charge is -2.42. The van der Waals surface area contributed by atoms with Gasteiger partial charge in [-0.3, -0.25) is 19.7 Å². The molecule has 3 atom stereocenters. The molecule has 166 valence electrons. The summed E-state index contributed by atoms with van der Waals surface area (Å²) >= 11 is 0. The van der Waals surface area contributed by atoms with Crippen molar-refractivity contribution >= 4 is 23.5 Å². The van der Waals surface area contributed by atoms with Gasteiger partial charge in [-0.05, 0) is 31.0 Å². The second-order valence-corrected chi connectivity index (χ2v) is 8.36. The summed E-state index contributed by atoms with van der Waals surface area (Å²) in [5.74, 6) is -1.65. The van der Waals surface area contributed by atoms with Crippen molar-refractivity contribution in [1.82, 2.24) is 20.2 Å². The third-order valence-corrected chi connectivity index (χ3v) is 6.32. The number of hydrogen-bond acceptors (Lipinski definition) is 6. The zero-order valence-electron chi connectivity index (χ0n) is 17.6. The standard InChI is InChI=1S/C22H28N4O5/c1-24-14-17(31-22(29)25-9-5-10-25)12-18(20(27)23-30)19(24)21(28)26-11-8-16(13-26)15-6-3-2-4-7-15/h2-4,6-8,17-19,30H,5,9-14H2,1H3,(H,23,27)/t17-,18-,19-/m0/s1. The highest BCUT2D eigenvalue weighted by Crippen LogP contribution is 2.29. The molecule has 1 aromatic rings. The molecule has 2 saturated heterocycles. The van der Waals surface area contributed by atoms with Gasteiger partial charge in [-0.2, -0.15) is 0 Å². The largest absolute Gasteiger partial charge is 0.445 e. The molecule has 1 aromatic carbocycles. The Balaban J connectivity index is 1.44. The van der Waals surface area contributed by atoms with Crippen LogP contribution in [0.2, 0.25) is 0 Å². The molecule has 0 unspecified atom stereocenters. The minimum Gasteiger partial charge on any atom is -0.445 e. The molecule has 9 heteroatoms. The van der Waals surface area contributed by atoms with E-state index in [-0.39, 0.29) is 12.3 Å². The smallest absolute Gasteiger partial charge is 0.410 e. The Kier molecular flexibility index (Phi) is 6.24. The summed E-state index contributed by atoms with van der Waals surface area (Å²) in [4.78, 5) is 43.1. The van der Waals surface area contributed by atoms with Crippen LogP contribution < -0.4 is 5.48 Å². The van der Waals surface area contributed by atoms with Gasteiger partial charge in [0.05, 0.1) is 5.92 Å². The third-order valence-electron chi connectivity index (χ3n) is 6.32. The topological polar surface area (TPSA) is 102 Å². The predicted molar refractivity (Wildman–Crippen MR) is 112 cm³/mol. The first kappa shape index (κ1) is 21.3. The van der Waals surface area contributed by atoms with Crippen LogP contribution in [0.5, 0.6) is 0 Å². The summed E-state index contributed by atoms with van der Waals surface area (Å²) in [6.45, 7) is 2.63. The maximum absolute atomic E-state index is 13.4. The molecule has 0 saturated carbocycles. The molecule has 0 spiro atoms. The molecule has 3 amide bonds. The maximum atomic E-state index is 13.4. The Morgan fingerprint density at radius 1 is 1.13 bits per heavy atom. The van der Waals surface area contributed by atoms with Crippen LogP contribution in [-0.2, 0) is 14.3 Å². The van der Waals surface area contributed by atoms with Gasteiger partial charge in [0.1, 0.15) is 12.1 Å². The summed E-state index contributed by atoms with van der Waals surface area (Å²) in [7, 11) is 1.74. The van der Waals surface area contributed by atoms with Gasteiger partial charge in [0.2, 0.25) is 11.8 Å². The van der Waals surface area contributed by atoms with E-state index in [1.807, 2.05) is 36.4 Å². The molecule has 3 aliphatic heterocycles. The average Bonchev–Trinajstić information content (AvgIpc) is 3.22. The molecule has 0 aromatic heterocycles. The van der Waals surface area contributed by atoms with Gasteiger partial charge in [0.25, 0.3) is 0 Å². The van der Waals surface area contributed by atoms with Gasteiger partial charge in [-0.25, -0.2) is 10.3 Å². The van der Waals surface area contributed by atoms with Crippen LogP contribution in [-0.4, -0.2) is 89.7 Å². The Morgan fingerprint density at radius 2 is 1.87 bits per heavy atom. The van der Waals surface area contributed by atoms with Gasteiger partial charge in [-0.1, -0.05) is 36.4 Å². The first-order valence-corrected chi connectivity index (χ1v) is 10.6. The van der Waals surface area contributed by atoms with E-state index in [1.54, 1.807) is 27.2 Å². The van der Waals surface area contributed by atoms with Crippen molar-refractivity contribution in [3.63, 3.8) is 0 Å². The van der Waals surface area contributed by atoms with E-state index in [0.29, 0.717) is 32.7 Å². The highest BCUT2D eigenvalue weighted by molar-refractivity contribution is 5.92. The van der Waals surface area contributed by atoms with E-state index in [2.05, 4.69) is 0 Å². The lowest BCUT2D eigenvalue weighted by atomic mass is 9.86. The van der Waals surface area contributed by atoms with Crippen molar-refractivity contribution in [2.45, 2.75) is 25.0 Å². The molecule has 3 heterocycles. The van der Waals surface area contributed by atoms with Crippen LogP contribution in [0.3, 0.4) is 0 Å². The molecule has 9 nitrogen and oxygen atoms in total. The monoisotopic (exact) mass is 428 g/mol. The molecular weight excluding hydrogens is 400 g/mol. The Bertz CT molecular complexity index is 870. The van der Waals surface area contributed by atoms with Gasteiger partial charge in [0.15, 0.2) is 0 Å². The SMILES string of the molecule is CN1C[C@@H](OC(=O)N2CCC2)C[C@H](C(=O)NO)[C@H]1C(=O)N1CC=C(c2ccccc2)C1. The van der Waals surface area contributed by atoms with E-state index < -0.39 is 30.1 Å². The highest BCUT2D eigenvalue weighted by atomic mass is 16.6. The number of hydroxylamine groups is 1. The highest BCUT2D eigenvalue weighted by Gasteiger charge is 2.46. The van der Waals surface area contributed by atoms with Gasteiger partial charge < -0.3 is 14.5 Å². The number of hydrogen-bond donors (Lipinski definition) is 2. The van der Waals surface area contributed by atoms with Crippen LogP contribution in [0.4, 0.5) is 4.79 Å². The number of carbonyl (C=O) groups excluding carboxylic acids is 3. The predicted octanol–water partition coefficient (Wildman–Crippen LogP) is 0.949. The van der Waals surface area contributed by atoms with Crippen LogP contribution in [0.15, 0.2) is 36.4 Å². The minimum absolute atomic E-state index is 0.175. The van der Waals surface area contributed by atoms with E-state index in [0.717, 1.165) is 17.6 Å². The van der Waals surface area contributed by atoms with Gasteiger partial charge in [0, 0.05) is 32.7 Å². The fourth-order valence-electron chi connectivity index (χ4n) is 4.50. The minimum atomic E-state index is -0.828. The number of amides is 3. The van der Waals surface area contributed by atoms with Crippen molar-refractivity contribution in [3.8, 4) is 0 Å². The van der Waals surface area contributed by atoms with Crippen LogP contribution in [0.25, 0.3) is 5.57 Å². The summed E-state index contributed by atoms with van der Waals surface area (Å²) in [6, 6.07) is 9.13. The molecule has 3 aliphatic rings. The Morgan fingerprint density at radius 3 is 2.52 bits per heavy atom. The second-order valence-electron chi connectivity index (χ2n) is 8.36. The van der Waals surface area contributed by atoms with Crippen LogP contribution in [0, 0.1) is 5.92 Å². The van der Waals surface area contributed by atoms with E-state index in [9.17, 15) is 19.6 Å². The number of nitrogens with one attached hydrogen (secondary N) is 1. The molecule has 31 heavy (non-hydrogen) atoms. The number of rotatable bonds is 4. The number of ether oxygens (including phenoxy) is 1. The lowest BCUT2D eigenvalue weighted by Crippen LogP contribution is -2.60. The molecule has 4 rings (SSSR count). The van der Waals surface area contributed by atoms with Crippen molar-refractivity contribution in [2.24, 2.45) is 5.92 Å². The van der Waals surface area contributed by atoms with Crippen molar-refractivity contribution < 1.29 is 24.3 Å². The third kappa shape index (κ3) is 4.42. The number of carbonyl (C=O) groups is 3. The van der Waals surface area contributed by atoms with Crippen molar-refractivity contribution in [2.75, 3.05) is 39.8 Å². The summed E-state index contributed by atoms with van der Waals surface area (Å²) < 4.78 is 5.57. The maximum Gasteiger partial charge on any atom is 0.410 e. The van der Waals surface area contributed by atoms with E-state index in [1.165, 1.54) is 0 Å². The summed E-state index contributed by atoms with van der Waals surface area (Å²) in [6.07, 6.45) is 2.24. The Labute approximate surface area is 181 Å². The average molecular weight is 428 g/mol. The fourth-order valence-corrected chi connectivity index (χ4v) is 4.50. The zero-order chi connectivity index (χ0) is 22.0. The second kappa shape index (κ2) is 9.07. The van der Waals surface area contributed by atoms with E-state index in [4.69, 9.17) is 4.74 Å². The molecule has 0 bridgehead atoms. The summed E-state index contributed by atoms with van der Waals surface area (Å²) in [5, 5.41) is 9.26. The first-order chi connectivity index (χ1) is 15.0. The first-order valence-electron chi connectivity index (χ1n) is 10.6. The molecule has 0 radical (unpaired) electrons. The number of likely N-dealkylation sites (tertiary alicyclic amines) is 2. The zero-order valence-corrected chi connectivity index (χ0v) is 17.6. The normalized spacial score (nSPS) is 26.1. The number of likely N-dealkylation sites (N-methyl/N-ethyl adjacent to an activating group) is 1. The molecular formula is C22H28N4O5. The number of benzene rings is 1. The molecule has 2 fully saturated rings. The van der Waals surface area contributed by atoms with Gasteiger partial charge in [-0.15, -0.1) is 0 Å². The van der Waals surface area contributed by atoms with Gasteiger partial charge >= 0.3 is 6.09 Å².